The van der Waals surface area contributed by atoms with Crippen LogP contribution in [0.5, 0.6) is 0 Å². The van der Waals surface area contributed by atoms with Crippen LogP contribution in [0.4, 0.5) is 18.2 Å². The average Bonchev–Trinajstić information content (AvgIpc) is 3.33. The van der Waals surface area contributed by atoms with Gasteiger partial charge in [-0.3, -0.25) is 9.59 Å². The Balaban J connectivity index is 1.84. The number of anilines is 1. The lowest BCUT2D eigenvalue weighted by Crippen LogP contribution is -2.18. The smallest absolute Gasteiger partial charge is 0.365 e. The lowest BCUT2D eigenvalue weighted by molar-refractivity contribution is -0.142. The molecule has 0 radical (unpaired) electrons. The van der Waals surface area contributed by atoms with Gasteiger partial charge in [0.15, 0.2) is 11.3 Å². The SMILES string of the molecule is CCc1c(C)sc(NC(=O)c2cnn3c(C(F)(F)F)cc(-c4ccccc4)nc23)c1C(N)=O. The number of thiophene rings is 1. The summed E-state index contributed by atoms with van der Waals surface area (Å²) in [7, 11) is 0. The zero-order chi connectivity index (χ0) is 23.9. The van der Waals surface area contributed by atoms with Gasteiger partial charge >= 0.3 is 6.18 Å². The first kappa shape index (κ1) is 22.5. The minimum absolute atomic E-state index is 0.0445. The summed E-state index contributed by atoms with van der Waals surface area (Å²) in [6.45, 7) is 3.65. The van der Waals surface area contributed by atoms with Crippen LogP contribution in [0.1, 0.15) is 43.8 Å². The van der Waals surface area contributed by atoms with Gasteiger partial charge in [-0.2, -0.15) is 18.3 Å². The number of aromatic nitrogens is 3. The number of amides is 2. The molecular formula is C22H18F3N5O2S. The maximum atomic E-state index is 13.8. The number of carbonyl (C=O) groups excluding carboxylic acids is 2. The first-order valence-electron chi connectivity index (χ1n) is 9.86. The Morgan fingerprint density at radius 1 is 1.21 bits per heavy atom. The van der Waals surface area contributed by atoms with Gasteiger partial charge < -0.3 is 11.1 Å². The summed E-state index contributed by atoms with van der Waals surface area (Å²) in [6.07, 6.45) is -3.18. The Kier molecular flexibility index (Phi) is 5.66. The van der Waals surface area contributed by atoms with Crippen LogP contribution in [0.25, 0.3) is 16.9 Å². The van der Waals surface area contributed by atoms with E-state index in [9.17, 15) is 22.8 Å². The summed E-state index contributed by atoms with van der Waals surface area (Å²) in [6, 6.07) is 9.21. The molecule has 1 aromatic carbocycles. The molecule has 3 aromatic heterocycles. The van der Waals surface area contributed by atoms with Crippen molar-refractivity contribution < 1.29 is 22.8 Å². The molecule has 4 rings (SSSR count). The van der Waals surface area contributed by atoms with Crippen molar-refractivity contribution in [2.75, 3.05) is 5.32 Å². The molecule has 0 spiro atoms. The molecule has 3 heterocycles. The standard InChI is InChI=1S/C22H18F3N5O2S/c1-3-13-11(2)33-21(17(13)18(26)31)29-20(32)14-10-27-30-16(22(23,24)25)9-15(28-19(14)30)12-7-5-4-6-8-12/h4-10H,3H2,1-2H3,(H2,26,31)(H,29,32). The number of nitrogens with two attached hydrogens (primary N) is 1. The predicted octanol–water partition coefficient (Wildman–Crippen LogP) is 4.70. The monoisotopic (exact) mass is 473 g/mol. The van der Waals surface area contributed by atoms with Crippen molar-refractivity contribution in [3.05, 3.63) is 69.9 Å². The predicted molar refractivity (Wildman–Crippen MR) is 118 cm³/mol. The van der Waals surface area contributed by atoms with Gasteiger partial charge in [0.2, 0.25) is 0 Å². The van der Waals surface area contributed by atoms with E-state index >= 15 is 0 Å². The number of hydrogen-bond donors (Lipinski definition) is 2. The highest BCUT2D eigenvalue weighted by Crippen LogP contribution is 2.35. The molecule has 0 aliphatic rings. The van der Waals surface area contributed by atoms with Gasteiger partial charge in [-0.1, -0.05) is 37.3 Å². The number of hydrogen-bond acceptors (Lipinski definition) is 5. The fourth-order valence-corrected chi connectivity index (χ4v) is 4.75. The first-order valence-corrected chi connectivity index (χ1v) is 10.7. The second kappa shape index (κ2) is 8.32. The molecule has 11 heteroatoms. The van der Waals surface area contributed by atoms with Crippen molar-refractivity contribution in [1.29, 1.82) is 0 Å². The van der Waals surface area contributed by atoms with E-state index in [4.69, 9.17) is 5.73 Å². The molecule has 4 aromatic rings. The number of nitrogens with one attached hydrogen (secondary N) is 1. The van der Waals surface area contributed by atoms with Gasteiger partial charge in [0.1, 0.15) is 10.6 Å². The summed E-state index contributed by atoms with van der Waals surface area (Å²) in [5, 5.41) is 6.60. The number of halogens is 3. The Bertz CT molecular complexity index is 1380. The summed E-state index contributed by atoms with van der Waals surface area (Å²) >= 11 is 1.17. The summed E-state index contributed by atoms with van der Waals surface area (Å²) in [5.41, 5.74) is 5.42. The van der Waals surface area contributed by atoms with Gasteiger partial charge in [-0.05, 0) is 25.0 Å². The Morgan fingerprint density at radius 2 is 1.91 bits per heavy atom. The Morgan fingerprint density at radius 3 is 2.52 bits per heavy atom. The number of carbonyl (C=O) groups is 2. The van der Waals surface area contributed by atoms with Crippen LogP contribution in [0.15, 0.2) is 42.6 Å². The number of aryl methyl sites for hydroxylation is 1. The van der Waals surface area contributed by atoms with Gasteiger partial charge in [0.05, 0.1) is 17.5 Å². The number of nitrogens with zero attached hydrogens (tertiary/aromatic N) is 3. The maximum Gasteiger partial charge on any atom is 0.433 e. The maximum absolute atomic E-state index is 13.8. The van der Waals surface area contributed by atoms with Gasteiger partial charge in [-0.25, -0.2) is 9.50 Å². The normalized spacial score (nSPS) is 11.7. The zero-order valence-electron chi connectivity index (χ0n) is 17.5. The van der Waals surface area contributed by atoms with Crippen molar-refractivity contribution in [2.45, 2.75) is 26.4 Å². The molecular weight excluding hydrogens is 455 g/mol. The molecule has 170 valence electrons. The summed E-state index contributed by atoms with van der Waals surface area (Å²) in [4.78, 5) is 30.1. The fraction of sp³-hybridized carbons (Fsp3) is 0.182. The van der Waals surface area contributed by atoms with Crippen LogP contribution in [-0.4, -0.2) is 26.4 Å². The third kappa shape index (κ3) is 4.07. The molecule has 2 amide bonds. The van der Waals surface area contributed by atoms with Crippen LogP contribution in [-0.2, 0) is 12.6 Å². The van der Waals surface area contributed by atoms with Crippen molar-refractivity contribution in [3.63, 3.8) is 0 Å². The lowest BCUT2D eigenvalue weighted by atomic mass is 10.1. The second-order valence-corrected chi connectivity index (χ2v) is 8.42. The van der Waals surface area contributed by atoms with E-state index in [0.717, 1.165) is 17.1 Å². The van der Waals surface area contributed by atoms with E-state index < -0.39 is 23.7 Å². The van der Waals surface area contributed by atoms with Crippen molar-refractivity contribution >= 4 is 33.8 Å². The van der Waals surface area contributed by atoms with E-state index in [1.54, 1.807) is 37.3 Å². The van der Waals surface area contributed by atoms with Crippen molar-refractivity contribution in [2.24, 2.45) is 5.73 Å². The van der Waals surface area contributed by atoms with Gasteiger partial charge in [0.25, 0.3) is 11.8 Å². The van der Waals surface area contributed by atoms with Crippen LogP contribution < -0.4 is 11.1 Å². The molecule has 0 aliphatic carbocycles. The molecule has 0 bridgehead atoms. The number of fused-ring (bicyclic) bond motifs is 1. The molecule has 0 fully saturated rings. The van der Waals surface area contributed by atoms with Crippen molar-refractivity contribution in [1.82, 2.24) is 14.6 Å². The molecule has 0 saturated carbocycles. The summed E-state index contributed by atoms with van der Waals surface area (Å²) < 4.78 is 41.9. The molecule has 0 unspecified atom stereocenters. The number of benzene rings is 1. The van der Waals surface area contributed by atoms with Crippen LogP contribution in [0.3, 0.4) is 0 Å². The minimum atomic E-state index is -4.73. The molecule has 0 aliphatic heterocycles. The zero-order valence-corrected chi connectivity index (χ0v) is 18.3. The Hall–Kier alpha value is -3.73. The molecule has 0 atom stereocenters. The van der Waals surface area contributed by atoms with E-state index in [-0.39, 0.29) is 27.5 Å². The van der Waals surface area contributed by atoms with Crippen LogP contribution in [0.2, 0.25) is 0 Å². The largest absolute Gasteiger partial charge is 0.433 e. The summed E-state index contributed by atoms with van der Waals surface area (Å²) in [5.74, 6) is -1.45. The van der Waals surface area contributed by atoms with E-state index in [1.165, 1.54) is 11.3 Å². The van der Waals surface area contributed by atoms with E-state index in [0.29, 0.717) is 22.1 Å². The minimum Gasteiger partial charge on any atom is -0.365 e. The number of alkyl halides is 3. The lowest BCUT2D eigenvalue weighted by Gasteiger charge is -2.11. The van der Waals surface area contributed by atoms with E-state index in [1.807, 2.05) is 6.92 Å². The molecule has 7 nitrogen and oxygen atoms in total. The quantitative estimate of drug-likeness (QED) is 0.439. The fourth-order valence-electron chi connectivity index (χ4n) is 3.61. The third-order valence-electron chi connectivity index (χ3n) is 5.11. The molecule has 0 saturated heterocycles. The van der Waals surface area contributed by atoms with Crippen molar-refractivity contribution in [3.8, 4) is 11.3 Å². The van der Waals surface area contributed by atoms with Gasteiger partial charge in [-0.15, -0.1) is 11.3 Å². The topological polar surface area (TPSA) is 102 Å². The highest BCUT2D eigenvalue weighted by molar-refractivity contribution is 7.16. The Labute approximate surface area is 190 Å². The van der Waals surface area contributed by atoms with Gasteiger partial charge in [0, 0.05) is 10.4 Å². The number of rotatable bonds is 5. The highest BCUT2D eigenvalue weighted by Gasteiger charge is 2.36. The van der Waals surface area contributed by atoms with E-state index in [2.05, 4.69) is 15.4 Å². The first-order chi connectivity index (χ1) is 15.6. The number of primary amides is 1. The molecule has 3 N–H and O–H groups in total. The van der Waals surface area contributed by atoms with Crippen LogP contribution >= 0.6 is 11.3 Å². The third-order valence-corrected chi connectivity index (χ3v) is 6.18. The second-order valence-electron chi connectivity index (χ2n) is 7.20. The van der Waals surface area contributed by atoms with Crippen LogP contribution in [0, 0.1) is 6.92 Å². The highest BCUT2D eigenvalue weighted by atomic mass is 32.1. The molecule has 33 heavy (non-hydrogen) atoms. The average molecular weight is 473 g/mol.